The molecule has 7 nitrogen and oxygen atoms in total. The van der Waals surface area contributed by atoms with Crippen molar-refractivity contribution in [2.75, 3.05) is 38.9 Å². The summed E-state index contributed by atoms with van der Waals surface area (Å²) in [5.74, 6) is 2.43. The predicted octanol–water partition coefficient (Wildman–Crippen LogP) is 4.48. The number of anilines is 1. The van der Waals surface area contributed by atoms with Crippen molar-refractivity contribution in [1.29, 1.82) is 0 Å². The van der Waals surface area contributed by atoms with Gasteiger partial charge in [0.15, 0.2) is 11.5 Å². The summed E-state index contributed by atoms with van der Waals surface area (Å²) < 4.78 is 17.0. The lowest BCUT2D eigenvalue weighted by Crippen LogP contribution is -2.37. The van der Waals surface area contributed by atoms with E-state index in [9.17, 15) is 4.79 Å². The van der Waals surface area contributed by atoms with Gasteiger partial charge >= 0.3 is 0 Å². The minimum atomic E-state index is 0.0864. The highest BCUT2D eigenvalue weighted by Crippen LogP contribution is 2.37. The molecule has 0 bridgehead atoms. The molecule has 184 valence electrons. The average Bonchev–Trinajstić information content (AvgIpc) is 3.52. The van der Waals surface area contributed by atoms with Crippen molar-refractivity contribution < 1.29 is 19.0 Å². The maximum absolute atomic E-state index is 13.5. The highest BCUT2D eigenvalue weighted by atomic mass is 16.7. The van der Waals surface area contributed by atoms with Crippen LogP contribution in [0.2, 0.25) is 0 Å². The first kappa shape index (κ1) is 23.4. The number of benzene rings is 2. The van der Waals surface area contributed by atoms with Crippen molar-refractivity contribution in [3.05, 3.63) is 59.2 Å². The number of aryl methyl sites for hydroxylation is 2. The van der Waals surface area contributed by atoms with Gasteiger partial charge in [0.1, 0.15) is 5.82 Å². The number of ether oxygens (including phenoxy) is 3. The fourth-order valence-corrected chi connectivity index (χ4v) is 4.76. The van der Waals surface area contributed by atoms with Crippen molar-refractivity contribution >= 4 is 22.6 Å². The smallest absolute Gasteiger partial charge is 0.231 e. The molecule has 0 radical (unpaired) electrons. The van der Waals surface area contributed by atoms with Gasteiger partial charge in [0.2, 0.25) is 12.7 Å². The van der Waals surface area contributed by atoms with Crippen LogP contribution in [0.15, 0.2) is 42.5 Å². The average molecular weight is 476 g/mol. The van der Waals surface area contributed by atoms with Gasteiger partial charge in [0, 0.05) is 57.2 Å². The van der Waals surface area contributed by atoms with Gasteiger partial charge < -0.3 is 24.0 Å². The number of carbonyl (C=O) groups excluding carboxylic acids is 1. The van der Waals surface area contributed by atoms with Gasteiger partial charge in [-0.25, -0.2) is 4.98 Å². The fourth-order valence-electron chi connectivity index (χ4n) is 4.76. The molecule has 3 aromatic rings. The monoisotopic (exact) mass is 475 g/mol. The first-order valence-corrected chi connectivity index (χ1v) is 12.3. The number of nitrogens with zero attached hydrogens (tertiary/aromatic N) is 3. The van der Waals surface area contributed by atoms with Crippen LogP contribution in [-0.2, 0) is 22.5 Å². The van der Waals surface area contributed by atoms with Crippen molar-refractivity contribution in [2.45, 2.75) is 45.3 Å². The third kappa shape index (κ3) is 5.35. The van der Waals surface area contributed by atoms with E-state index in [1.54, 1.807) is 0 Å². The Kier molecular flexibility index (Phi) is 6.77. The summed E-state index contributed by atoms with van der Waals surface area (Å²) in [5.41, 5.74) is 4.25. The number of hydrogen-bond donors (Lipinski definition) is 0. The van der Waals surface area contributed by atoms with Crippen LogP contribution in [0, 0.1) is 6.92 Å². The Bertz CT molecular complexity index is 1200. The predicted molar refractivity (Wildman–Crippen MR) is 136 cm³/mol. The van der Waals surface area contributed by atoms with Crippen LogP contribution in [0.3, 0.4) is 0 Å². The summed E-state index contributed by atoms with van der Waals surface area (Å²) in [5, 5.41) is 0.971. The Hall–Kier alpha value is -3.32. The number of pyridine rings is 1. The first-order chi connectivity index (χ1) is 17.0. The van der Waals surface area contributed by atoms with Crippen LogP contribution in [0.4, 0.5) is 5.82 Å². The van der Waals surface area contributed by atoms with E-state index in [1.165, 1.54) is 11.1 Å². The Morgan fingerprint density at radius 1 is 1.09 bits per heavy atom. The van der Waals surface area contributed by atoms with Crippen LogP contribution < -0.4 is 14.4 Å². The van der Waals surface area contributed by atoms with Gasteiger partial charge in [0.05, 0.1) is 11.6 Å². The van der Waals surface area contributed by atoms with Gasteiger partial charge in [-0.2, -0.15) is 0 Å². The Morgan fingerprint density at radius 2 is 1.86 bits per heavy atom. The number of fused-ring (bicyclic) bond motifs is 2. The van der Waals surface area contributed by atoms with Gasteiger partial charge in [0.25, 0.3) is 0 Å². The maximum atomic E-state index is 13.5. The normalized spacial score (nSPS) is 16.6. The molecule has 0 aliphatic carbocycles. The molecule has 0 saturated carbocycles. The summed E-state index contributed by atoms with van der Waals surface area (Å²) in [7, 11) is 3.96. The zero-order chi connectivity index (χ0) is 24.4. The van der Waals surface area contributed by atoms with E-state index in [-0.39, 0.29) is 18.8 Å². The molecule has 1 saturated heterocycles. The van der Waals surface area contributed by atoms with Crippen LogP contribution in [0.1, 0.15) is 36.0 Å². The second-order valence-corrected chi connectivity index (χ2v) is 9.66. The molecule has 2 aliphatic rings. The first-order valence-electron chi connectivity index (χ1n) is 12.3. The summed E-state index contributed by atoms with van der Waals surface area (Å²) in [6, 6.07) is 14.4. The van der Waals surface area contributed by atoms with E-state index in [0.29, 0.717) is 25.3 Å². The van der Waals surface area contributed by atoms with E-state index in [2.05, 4.69) is 37.3 Å². The molecule has 7 heteroatoms. The standard InChI is InChI=1S/C28H33N3O4/c1-19-6-8-20(9-7-19)10-11-27(32)31(17-23-5-4-12-33-23)16-22-13-21-14-25-26(35-18-34-25)15-24(21)29-28(22)30(2)3/h6-9,13-15,23H,4-5,10-12,16-18H2,1-3H3/t23-/m0/s1. The lowest BCUT2D eigenvalue weighted by atomic mass is 10.1. The molecule has 1 fully saturated rings. The Labute approximate surface area is 206 Å². The van der Waals surface area contributed by atoms with E-state index < -0.39 is 0 Å². The molecule has 0 spiro atoms. The van der Waals surface area contributed by atoms with Gasteiger partial charge in [-0.05, 0) is 43.9 Å². The van der Waals surface area contributed by atoms with Crippen LogP contribution in [0.25, 0.3) is 10.9 Å². The molecule has 5 rings (SSSR count). The van der Waals surface area contributed by atoms with E-state index in [1.807, 2.05) is 36.0 Å². The number of aromatic nitrogens is 1. The maximum Gasteiger partial charge on any atom is 0.231 e. The third-order valence-corrected chi connectivity index (χ3v) is 6.70. The van der Waals surface area contributed by atoms with Crippen LogP contribution in [0.5, 0.6) is 11.5 Å². The molecule has 2 aromatic carbocycles. The van der Waals surface area contributed by atoms with Crippen molar-refractivity contribution in [2.24, 2.45) is 0 Å². The minimum Gasteiger partial charge on any atom is -0.454 e. The molecule has 0 N–H and O–H groups in total. The van der Waals surface area contributed by atoms with Crippen molar-refractivity contribution in [3.8, 4) is 11.5 Å². The quantitative estimate of drug-likeness (QED) is 0.479. The highest BCUT2D eigenvalue weighted by molar-refractivity contribution is 5.86. The Morgan fingerprint density at radius 3 is 2.57 bits per heavy atom. The zero-order valence-electron chi connectivity index (χ0n) is 20.8. The number of amides is 1. The molecular weight excluding hydrogens is 442 g/mol. The summed E-state index contributed by atoms with van der Waals surface area (Å²) in [4.78, 5) is 22.3. The molecule has 35 heavy (non-hydrogen) atoms. The molecule has 0 unspecified atom stereocenters. The second-order valence-electron chi connectivity index (χ2n) is 9.66. The SMILES string of the molecule is Cc1ccc(CCC(=O)N(Cc2cc3cc4c(cc3nc2N(C)C)OCO4)C[C@@H]2CCCO2)cc1. The van der Waals surface area contributed by atoms with Gasteiger partial charge in [-0.1, -0.05) is 29.8 Å². The highest BCUT2D eigenvalue weighted by Gasteiger charge is 2.25. The Balaban J connectivity index is 1.41. The second kappa shape index (κ2) is 10.1. The fraction of sp³-hybridized carbons (Fsp3) is 0.429. The number of hydrogen-bond acceptors (Lipinski definition) is 6. The van der Waals surface area contributed by atoms with E-state index in [0.717, 1.165) is 53.9 Å². The molecule has 1 amide bonds. The lowest BCUT2D eigenvalue weighted by molar-refractivity contribution is -0.133. The molecule has 2 aliphatic heterocycles. The summed E-state index contributed by atoms with van der Waals surface area (Å²) >= 11 is 0. The third-order valence-electron chi connectivity index (χ3n) is 6.70. The number of carbonyl (C=O) groups is 1. The minimum absolute atomic E-state index is 0.0864. The van der Waals surface area contributed by atoms with Crippen molar-refractivity contribution in [3.63, 3.8) is 0 Å². The van der Waals surface area contributed by atoms with Crippen LogP contribution in [-0.4, -0.2) is 55.9 Å². The number of rotatable bonds is 8. The summed E-state index contributed by atoms with van der Waals surface area (Å²) in [6.07, 6.45) is 3.31. The van der Waals surface area contributed by atoms with E-state index >= 15 is 0 Å². The molecular formula is C28H33N3O4. The molecule has 3 heterocycles. The van der Waals surface area contributed by atoms with Gasteiger partial charge in [-0.15, -0.1) is 0 Å². The van der Waals surface area contributed by atoms with E-state index in [4.69, 9.17) is 19.2 Å². The topological polar surface area (TPSA) is 64.1 Å². The van der Waals surface area contributed by atoms with Gasteiger partial charge in [-0.3, -0.25) is 4.79 Å². The lowest BCUT2D eigenvalue weighted by Gasteiger charge is -2.28. The zero-order valence-corrected chi connectivity index (χ0v) is 20.8. The van der Waals surface area contributed by atoms with Crippen molar-refractivity contribution in [1.82, 2.24) is 9.88 Å². The largest absolute Gasteiger partial charge is 0.454 e. The molecule has 1 aromatic heterocycles. The molecule has 1 atom stereocenters. The summed E-state index contributed by atoms with van der Waals surface area (Å²) in [6.45, 7) is 4.15. The van der Waals surface area contributed by atoms with Crippen LogP contribution >= 0.6 is 0 Å².